The van der Waals surface area contributed by atoms with Gasteiger partial charge in [-0.15, -0.1) is 0 Å². The van der Waals surface area contributed by atoms with E-state index >= 15 is 0 Å². The molecule has 1 aliphatic rings. The van der Waals surface area contributed by atoms with Crippen LogP contribution in [0, 0.1) is 11.6 Å². The van der Waals surface area contributed by atoms with E-state index in [0.717, 1.165) is 6.07 Å². The van der Waals surface area contributed by atoms with E-state index in [2.05, 4.69) is 15.3 Å². The number of hydrogen-bond donors (Lipinski definition) is 2. The minimum absolute atomic E-state index is 0.131. The number of aromatic nitrogens is 2. The van der Waals surface area contributed by atoms with Crippen molar-refractivity contribution in [3.63, 3.8) is 0 Å². The number of nitrogen functional groups attached to an aromatic ring is 1. The van der Waals surface area contributed by atoms with Crippen molar-refractivity contribution in [2.75, 3.05) is 43.2 Å². The van der Waals surface area contributed by atoms with Crippen LogP contribution in [-0.2, 0) is 0 Å². The average molecular weight is 484 g/mol. The zero-order chi connectivity index (χ0) is 24.0. The second-order valence-electron chi connectivity index (χ2n) is 7.47. The van der Waals surface area contributed by atoms with E-state index < -0.39 is 18.1 Å². The molecule has 1 aromatic heterocycles. The largest absolute Gasteiger partial charge is 0.487 e. The van der Waals surface area contributed by atoms with Gasteiger partial charge in [-0.25, -0.2) is 27.5 Å². The number of alkyl halides is 2. The zero-order valence-corrected chi connectivity index (χ0v) is 19.0. The third kappa shape index (κ3) is 6.61. The topological polar surface area (TPSA) is 76.3 Å². The van der Waals surface area contributed by atoms with Crippen LogP contribution in [0.3, 0.4) is 0 Å². The van der Waals surface area contributed by atoms with Gasteiger partial charge in [0.15, 0.2) is 0 Å². The molecule has 178 valence electrons. The molecule has 0 saturated carbocycles. The smallest absolute Gasteiger partial charge is 0.251 e. The predicted octanol–water partition coefficient (Wildman–Crippen LogP) is 4.93. The number of anilines is 3. The molecule has 1 fully saturated rings. The highest BCUT2D eigenvalue weighted by atomic mass is 32.2. The van der Waals surface area contributed by atoms with Gasteiger partial charge >= 0.3 is 0 Å². The number of fused-ring (bicyclic) bond motifs is 1. The molecule has 2 aromatic carbocycles. The molecule has 3 aromatic rings. The van der Waals surface area contributed by atoms with Gasteiger partial charge in [0, 0.05) is 24.8 Å². The molecule has 0 aliphatic carbocycles. The summed E-state index contributed by atoms with van der Waals surface area (Å²) in [7, 11) is 0. The monoisotopic (exact) mass is 483 g/mol. The number of thioether (sulfide) groups is 1. The molecule has 33 heavy (non-hydrogen) atoms. The van der Waals surface area contributed by atoms with Gasteiger partial charge in [-0.2, -0.15) is 11.8 Å². The van der Waals surface area contributed by atoms with Gasteiger partial charge in [-0.1, -0.05) is 0 Å². The minimum Gasteiger partial charge on any atom is -0.487 e. The Morgan fingerprint density at radius 2 is 1.97 bits per heavy atom. The molecule has 2 heterocycles. The molecule has 1 aliphatic heterocycles. The van der Waals surface area contributed by atoms with Crippen molar-refractivity contribution < 1.29 is 22.3 Å². The number of benzene rings is 2. The van der Waals surface area contributed by atoms with Crippen molar-refractivity contribution >= 4 is 39.9 Å². The molecule has 0 spiro atoms. The molecule has 3 N–H and O–H groups in total. The Labute approximate surface area is 193 Å². The predicted molar refractivity (Wildman–Crippen MR) is 125 cm³/mol. The first kappa shape index (κ1) is 24.8. The lowest BCUT2D eigenvalue weighted by Crippen LogP contribution is -2.29. The third-order valence-electron chi connectivity index (χ3n) is 4.83. The lowest BCUT2D eigenvalue weighted by Gasteiger charge is -2.19. The SMILES string of the molecule is CSC.Nc1cc(F)c2c(Nc3ccc(F)cc3OC3CCN(CC(F)F)C3)ncnc2c1. The third-order valence-corrected chi connectivity index (χ3v) is 4.83. The summed E-state index contributed by atoms with van der Waals surface area (Å²) in [5, 5.41) is 3.09. The molecule has 6 nitrogen and oxygen atoms in total. The van der Waals surface area contributed by atoms with Crippen LogP contribution < -0.4 is 15.8 Å². The Kier molecular flexibility index (Phi) is 8.56. The number of ether oxygens (including phenoxy) is 1. The Morgan fingerprint density at radius 1 is 1.21 bits per heavy atom. The van der Waals surface area contributed by atoms with Gasteiger partial charge in [0.25, 0.3) is 6.43 Å². The summed E-state index contributed by atoms with van der Waals surface area (Å²) >= 11 is 1.75. The molecular formula is C22H25F4N5OS. The zero-order valence-electron chi connectivity index (χ0n) is 18.2. The lowest BCUT2D eigenvalue weighted by molar-refractivity contribution is 0.0931. The van der Waals surface area contributed by atoms with Crippen LogP contribution in [0.4, 0.5) is 34.8 Å². The minimum atomic E-state index is -2.43. The van der Waals surface area contributed by atoms with E-state index in [4.69, 9.17) is 10.5 Å². The van der Waals surface area contributed by atoms with Gasteiger partial charge in [0.2, 0.25) is 0 Å². The van der Waals surface area contributed by atoms with Gasteiger partial charge in [-0.3, -0.25) is 4.90 Å². The highest BCUT2D eigenvalue weighted by molar-refractivity contribution is 7.97. The fourth-order valence-corrected chi connectivity index (χ4v) is 3.52. The van der Waals surface area contributed by atoms with Gasteiger partial charge in [0.05, 0.1) is 23.1 Å². The first-order valence-corrected chi connectivity index (χ1v) is 11.8. The number of nitrogens with one attached hydrogen (secondary N) is 1. The maximum absolute atomic E-state index is 14.5. The Bertz CT molecular complexity index is 1090. The second kappa shape index (κ2) is 11.4. The van der Waals surface area contributed by atoms with E-state index in [0.29, 0.717) is 30.7 Å². The highest BCUT2D eigenvalue weighted by Crippen LogP contribution is 2.33. The van der Waals surface area contributed by atoms with E-state index in [1.54, 1.807) is 16.7 Å². The summed E-state index contributed by atoms with van der Waals surface area (Å²) in [5.74, 6) is -0.776. The van der Waals surface area contributed by atoms with Crippen LogP contribution in [0.2, 0.25) is 0 Å². The number of nitrogens with zero attached hydrogens (tertiary/aromatic N) is 3. The fourth-order valence-electron chi connectivity index (χ4n) is 3.52. The van der Waals surface area contributed by atoms with Gasteiger partial charge in [0.1, 0.15) is 35.6 Å². The summed E-state index contributed by atoms with van der Waals surface area (Å²) in [4.78, 5) is 9.71. The summed E-state index contributed by atoms with van der Waals surface area (Å²) in [6.45, 7) is 0.449. The van der Waals surface area contributed by atoms with Crippen LogP contribution in [0.1, 0.15) is 6.42 Å². The summed E-state index contributed by atoms with van der Waals surface area (Å²) in [5.41, 5.74) is 6.57. The first-order chi connectivity index (χ1) is 15.8. The summed E-state index contributed by atoms with van der Waals surface area (Å²) < 4.78 is 59.4. The molecule has 4 rings (SSSR count). The maximum atomic E-state index is 14.5. The van der Waals surface area contributed by atoms with Crippen molar-refractivity contribution in [2.24, 2.45) is 0 Å². The number of hydrogen-bond acceptors (Lipinski definition) is 7. The van der Waals surface area contributed by atoms with E-state index in [-0.39, 0.29) is 35.3 Å². The summed E-state index contributed by atoms with van der Waals surface area (Å²) in [6.07, 6.45) is 3.08. The molecule has 0 amide bonds. The maximum Gasteiger partial charge on any atom is 0.251 e. The average Bonchev–Trinajstić information content (AvgIpc) is 3.16. The Hall–Kier alpha value is -2.79. The summed E-state index contributed by atoms with van der Waals surface area (Å²) in [6, 6.07) is 6.54. The van der Waals surface area contributed by atoms with E-state index in [9.17, 15) is 17.6 Å². The van der Waals surface area contributed by atoms with Crippen molar-refractivity contribution in [3.8, 4) is 5.75 Å². The molecule has 11 heteroatoms. The van der Waals surface area contributed by atoms with Gasteiger partial charge in [-0.05, 0) is 43.2 Å². The molecule has 0 bridgehead atoms. The van der Waals surface area contributed by atoms with Crippen LogP contribution in [0.5, 0.6) is 5.75 Å². The van der Waals surface area contributed by atoms with Crippen LogP contribution in [0.25, 0.3) is 10.9 Å². The van der Waals surface area contributed by atoms with Crippen molar-refractivity contribution in [3.05, 3.63) is 48.3 Å². The van der Waals surface area contributed by atoms with Crippen LogP contribution >= 0.6 is 11.8 Å². The second-order valence-corrected chi connectivity index (χ2v) is 8.29. The number of nitrogens with two attached hydrogens (primary N) is 1. The van der Waals surface area contributed by atoms with Crippen LogP contribution in [-0.4, -0.2) is 59.5 Å². The van der Waals surface area contributed by atoms with Gasteiger partial charge < -0.3 is 15.8 Å². The quantitative estimate of drug-likeness (QED) is 0.380. The number of likely N-dealkylation sites (tertiary alicyclic amines) is 1. The molecular weight excluding hydrogens is 458 g/mol. The fraction of sp³-hybridized carbons (Fsp3) is 0.364. The molecule has 1 unspecified atom stereocenters. The number of rotatable bonds is 6. The normalized spacial score (nSPS) is 16.0. The van der Waals surface area contributed by atoms with E-state index in [1.165, 1.54) is 30.6 Å². The van der Waals surface area contributed by atoms with E-state index in [1.807, 2.05) is 12.5 Å². The van der Waals surface area contributed by atoms with Crippen molar-refractivity contribution in [2.45, 2.75) is 19.0 Å². The highest BCUT2D eigenvalue weighted by Gasteiger charge is 2.27. The first-order valence-electron chi connectivity index (χ1n) is 10.1. The standard InChI is InChI=1S/C20H19F4N5O.C2H6S/c21-11-1-2-15(17(5-11)30-13-3-4-29(8-13)9-18(23)24)28-20-19-14(22)6-12(25)7-16(19)26-10-27-20;1-3-2/h1-2,5-7,10,13,18H,3-4,8-9,25H2,(H,26,27,28);1-2H3. The van der Waals surface area contributed by atoms with Crippen LogP contribution in [0.15, 0.2) is 36.7 Å². The molecule has 0 radical (unpaired) electrons. The number of halogens is 4. The Morgan fingerprint density at radius 3 is 2.70 bits per heavy atom. The van der Waals surface area contributed by atoms with Crippen molar-refractivity contribution in [1.82, 2.24) is 14.9 Å². The lowest BCUT2D eigenvalue weighted by atomic mass is 10.2. The molecule has 1 saturated heterocycles. The molecule has 1 atom stereocenters. The van der Waals surface area contributed by atoms with Crippen molar-refractivity contribution in [1.29, 1.82) is 0 Å². The Balaban J connectivity index is 0.000000968.